The maximum Gasteiger partial charge on any atom is 0.257 e. The summed E-state index contributed by atoms with van der Waals surface area (Å²) in [6.45, 7) is 2.27. The average molecular weight is 395 g/mol. The lowest BCUT2D eigenvalue weighted by molar-refractivity contribution is -0.134. The number of amides is 1. The maximum absolute atomic E-state index is 13.4. The Bertz CT molecular complexity index is 891. The van der Waals surface area contributed by atoms with Crippen molar-refractivity contribution in [3.8, 4) is 5.75 Å². The molecule has 0 radical (unpaired) electrons. The summed E-state index contributed by atoms with van der Waals surface area (Å²) in [4.78, 5) is 15.4. The molecule has 2 aromatic carbocycles. The molecule has 2 heterocycles. The third-order valence-electron chi connectivity index (χ3n) is 5.65. The highest BCUT2D eigenvalue weighted by Gasteiger charge is 2.35. The number of hydrogen-bond acceptors (Lipinski definition) is 4. The molecular weight excluding hydrogens is 369 g/mol. The van der Waals surface area contributed by atoms with Crippen LogP contribution in [0.5, 0.6) is 5.75 Å². The van der Waals surface area contributed by atoms with Crippen LogP contribution in [0, 0.1) is 5.82 Å². The van der Waals surface area contributed by atoms with E-state index in [9.17, 15) is 9.18 Å². The van der Waals surface area contributed by atoms with Gasteiger partial charge in [0, 0.05) is 12.0 Å². The zero-order valence-corrected chi connectivity index (χ0v) is 16.7. The van der Waals surface area contributed by atoms with Crippen LogP contribution in [0.15, 0.2) is 53.6 Å². The van der Waals surface area contributed by atoms with Gasteiger partial charge in [-0.2, -0.15) is 5.10 Å². The number of carbonyl (C=O) groups excluding carboxylic acids is 1. The summed E-state index contributed by atoms with van der Waals surface area (Å²) in [5.41, 5.74) is 2.55. The summed E-state index contributed by atoms with van der Waals surface area (Å²) >= 11 is 0. The first-order valence-electron chi connectivity index (χ1n) is 10.2. The summed E-state index contributed by atoms with van der Waals surface area (Å²) in [6.07, 6.45) is 4.06. The lowest BCUT2D eigenvalue weighted by Gasteiger charge is -2.29. The van der Waals surface area contributed by atoms with Gasteiger partial charge in [-0.05, 0) is 49.7 Å². The molecule has 1 atom stereocenters. The van der Waals surface area contributed by atoms with Gasteiger partial charge in [0.1, 0.15) is 11.6 Å². The van der Waals surface area contributed by atoms with E-state index in [-0.39, 0.29) is 17.8 Å². The first-order chi connectivity index (χ1) is 14.2. The van der Waals surface area contributed by atoms with E-state index in [4.69, 9.17) is 4.74 Å². The summed E-state index contributed by atoms with van der Waals surface area (Å²) in [5.74, 6) is 0.440. The van der Waals surface area contributed by atoms with E-state index in [2.05, 4.69) is 10.0 Å². The molecule has 5 nitrogen and oxygen atoms in total. The molecule has 1 unspecified atom stereocenters. The van der Waals surface area contributed by atoms with E-state index in [0.29, 0.717) is 13.0 Å². The molecule has 1 amide bonds. The van der Waals surface area contributed by atoms with Crippen molar-refractivity contribution in [2.24, 2.45) is 5.10 Å². The van der Waals surface area contributed by atoms with Crippen molar-refractivity contribution in [2.75, 3.05) is 26.7 Å². The second-order valence-corrected chi connectivity index (χ2v) is 7.59. The Balaban J connectivity index is 1.63. The van der Waals surface area contributed by atoms with Gasteiger partial charge in [0.15, 0.2) is 0 Å². The SMILES string of the molecule is COc1ccccc1C1CC(c2ccc(F)cc2)=NN1C(=O)CN1CCCCC1. The van der Waals surface area contributed by atoms with Crippen LogP contribution in [0.3, 0.4) is 0 Å². The molecule has 6 heteroatoms. The number of nitrogens with zero attached hydrogens (tertiary/aromatic N) is 3. The number of likely N-dealkylation sites (tertiary alicyclic amines) is 1. The second kappa shape index (κ2) is 8.74. The number of ether oxygens (including phenoxy) is 1. The van der Waals surface area contributed by atoms with Crippen LogP contribution in [-0.4, -0.2) is 48.3 Å². The quantitative estimate of drug-likeness (QED) is 0.769. The number of piperidine rings is 1. The normalized spacial score (nSPS) is 19.9. The zero-order chi connectivity index (χ0) is 20.2. The summed E-state index contributed by atoms with van der Waals surface area (Å²) in [6, 6.07) is 13.8. The van der Waals surface area contributed by atoms with E-state index in [1.165, 1.54) is 18.6 Å². The van der Waals surface area contributed by atoms with E-state index in [1.807, 2.05) is 24.3 Å². The van der Waals surface area contributed by atoms with Crippen molar-refractivity contribution in [3.05, 3.63) is 65.5 Å². The molecular formula is C23H26FN3O2. The van der Waals surface area contributed by atoms with Gasteiger partial charge in [-0.3, -0.25) is 9.69 Å². The summed E-state index contributed by atoms with van der Waals surface area (Å²) < 4.78 is 18.9. The predicted molar refractivity (Wildman–Crippen MR) is 110 cm³/mol. The minimum atomic E-state index is -0.286. The molecule has 2 aliphatic heterocycles. The highest BCUT2D eigenvalue weighted by molar-refractivity contribution is 6.03. The Kier molecular flexibility index (Phi) is 5.90. The largest absolute Gasteiger partial charge is 0.496 e. The van der Waals surface area contributed by atoms with E-state index in [1.54, 1.807) is 24.3 Å². The van der Waals surface area contributed by atoms with Gasteiger partial charge in [-0.1, -0.05) is 36.8 Å². The molecule has 1 saturated heterocycles. The number of hydrazone groups is 1. The lowest BCUT2D eigenvalue weighted by atomic mass is 9.97. The summed E-state index contributed by atoms with van der Waals surface area (Å²) in [5, 5.41) is 6.28. The van der Waals surface area contributed by atoms with Crippen LogP contribution >= 0.6 is 0 Å². The fraction of sp³-hybridized carbons (Fsp3) is 0.391. The van der Waals surface area contributed by atoms with Gasteiger partial charge >= 0.3 is 0 Å². The minimum absolute atomic E-state index is 0.0140. The standard InChI is InChI=1S/C23H26FN3O2/c1-29-22-8-4-3-7-19(22)21-15-20(17-9-11-18(24)12-10-17)25-27(21)23(28)16-26-13-5-2-6-14-26/h3-4,7-12,21H,2,5-6,13-16H2,1H3. The molecule has 0 aliphatic carbocycles. The molecule has 152 valence electrons. The molecule has 1 fully saturated rings. The fourth-order valence-corrected chi connectivity index (χ4v) is 4.12. The first-order valence-corrected chi connectivity index (χ1v) is 10.2. The van der Waals surface area contributed by atoms with Gasteiger partial charge in [-0.15, -0.1) is 0 Å². The third kappa shape index (κ3) is 4.32. The highest BCUT2D eigenvalue weighted by Crippen LogP contribution is 2.37. The smallest absolute Gasteiger partial charge is 0.257 e. The zero-order valence-electron chi connectivity index (χ0n) is 16.7. The Hall–Kier alpha value is -2.73. The Morgan fingerprint density at radius 2 is 1.83 bits per heavy atom. The molecule has 2 aliphatic rings. The van der Waals surface area contributed by atoms with E-state index in [0.717, 1.165) is 48.5 Å². The van der Waals surface area contributed by atoms with Crippen molar-refractivity contribution >= 4 is 11.6 Å². The van der Waals surface area contributed by atoms with Crippen LogP contribution in [-0.2, 0) is 4.79 Å². The fourth-order valence-electron chi connectivity index (χ4n) is 4.12. The molecule has 29 heavy (non-hydrogen) atoms. The molecule has 2 aromatic rings. The molecule has 0 saturated carbocycles. The van der Waals surface area contributed by atoms with Crippen molar-refractivity contribution in [2.45, 2.75) is 31.7 Å². The lowest BCUT2D eigenvalue weighted by Crippen LogP contribution is -2.40. The van der Waals surface area contributed by atoms with Crippen molar-refractivity contribution in [1.82, 2.24) is 9.91 Å². The van der Waals surface area contributed by atoms with Crippen LogP contribution in [0.25, 0.3) is 0 Å². The van der Waals surface area contributed by atoms with Gasteiger partial charge in [0.05, 0.1) is 25.4 Å². The maximum atomic E-state index is 13.4. The molecule has 0 N–H and O–H groups in total. The van der Waals surface area contributed by atoms with Gasteiger partial charge in [-0.25, -0.2) is 9.40 Å². The number of carbonyl (C=O) groups is 1. The minimum Gasteiger partial charge on any atom is -0.496 e. The average Bonchev–Trinajstić information content (AvgIpc) is 3.20. The summed E-state index contributed by atoms with van der Waals surface area (Å²) in [7, 11) is 1.63. The number of hydrogen-bond donors (Lipinski definition) is 0. The van der Waals surface area contributed by atoms with Gasteiger partial charge < -0.3 is 4.74 Å². The molecule has 0 spiro atoms. The number of halogens is 1. The van der Waals surface area contributed by atoms with Crippen LogP contribution < -0.4 is 4.74 Å². The number of rotatable bonds is 5. The Labute approximate surface area is 170 Å². The van der Waals surface area contributed by atoms with Gasteiger partial charge in [0.2, 0.25) is 0 Å². The van der Waals surface area contributed by atoms with E-state index < -0.39 is 0 Å². The van der Waals surface area contributed by atoms with Crippen LogP contribution in [0.2, 0.25) is 0 Å². The molecule has 4 rings (SSSR count). The second-order valence-electron chi connectivity index (χ2n) is 7.59. The molecule has 0 aromatic heterocycles. The van der Waals surface area contributed by atoms with E-state index >= 15 is 0 Å². The highest BCUT2D eigenvalue weighted by atomic mass is 19.1. The van der Waals surface area contributed by atoms with Crippen LogP contribution in [0.4, 0.5) is 4.39 Å². The number of para-hydroxylation sites is 1. The van der Waals surface area contributed by atoms with Crippen LogP contribution in [0.1, 0.15) is 42.9 Å². The van der Waals surface area contributed by atoms with Crippen molar-refractivity contribution in [1.29, 1.82) is 0 Å². The third-order valence-corrected chi connectivity index (χ3v) is 5.65. The molecule has 0 bridgehead atoms. The topological polar surface area (TPSA) is 45.1 Å². The van der Waals surface area contributed by atoms with Gasteiger partial charge in [0.25, 0.3) is 5.91 Å². The first kappa shape index (κ1) is 19.6. The number of benzene rings is 2. The Morgan fingerprint density at radius 1 is 1.10 bits per heavy atom. The van der Waals surface area contributed by atoms with Crippen molar-refractivity contribution < 1.29 is 13.9 Å². The van der Waals surface area contributed by atoms with Crippen molar-refractivity contribution in [3.63, 3.8) is 0 Å². The Morgan fingerprint density at radius 3 is 2.55 bits per heavy atom. The monoisotopic (exact) mass is 395 g/mol. The predicted octanol–water partition coefficient (Wildman–Crippen LogP) is 4.00. The number of methoxy groups -OCH3 is 1.